The molecule has 3 N–H and O–H groups in total. The van der Waals surface area contributed by atoms with Gasteiger partial charge in [0.15, 0.2) is 0 Å². The van der Waals surface area contributed by atoms with Gasteiger partial charge in [0, 0.05) is 28.0 Å². The van der Waals surface area contributed by atoms with E-state index >= 15 is 0 Å². The standard InChI is InChI=1S/C12H15BrN2/c1-7(14)6-11-8(2)9-4-3-5-10(13)12(9)15-11/h3-5,7,15H,6,14H2,1-2H3. The molecule has 0 bridgehead atoms. The summed E-state index contributed by atoms with van der Waals surface area (Å²) in [6.07, 6.45) is 0.896. The predicted octanol–water partition coefficient (Wildman–Crippen LogP) is 3.13. The van der Waals surface area contributed by atoms with Gasteiger partial charge in [-0.25, -0.2) is 0 Å². The van der Waals surface area contributed by atoms with Crippen molar-refractivity contribution in [3.63, 3.8) is 0 Å². The summed E-state index contributed by atoms with van der Waals surface area (Å²) in [7, 11) is 0. The van der Waals surface area contributed by atoms with Crippen LogP contribution in [0.25, 0.3) is 10.9 Å². The highest BCUT2D eigenvalue weighted by molar-refractivity contribution is 9.10. The Balaban J connectivity index is 2.59. The summed E-state index contributed by atoms with van der Waals surface area (Å²) in [6.45, 7) is 4.17. The van der Waals surface area contributed by atoms with Gasteiger partial charge in [0.1, 0.15) is 0 Å². The minimum Gasteiger partial charge on any atom is -0.357 e. The lowest BCUT2D eigenvalue weighted by molar-refractivity contribution is 0.724. The second kappa shape index (κ2) is 3.99. The molecule has 1 heterocycles. The van der Waals surface area contributed by atoms with Crippen molar-refractivity contribution in [1.82, 2.24) is 4.98 Å². The topological polar surface area (TPSA) is 41.8 Å². The average Bonchev–Trinajstić information content (AvgIpc) is 2.46. The molecule has 0 spiro atoms. The van der Waals surface area contributed by atoms with Gasteiger partial charge in [-0.2, -0.15) is 0 Å². The van der Waals surface area contributed by atoms with Crippen LogP contribution in [0, 0.1) is 6.92 Å². The Bertz CT molecular complexity index is 486. The number of rotatable bonds is 2. The fourth-order valence-electron chi connectivity index (χ4n) is 1.90. The van der Waals surface area contributed by atoms with Crippen LogP contribution in [-0.2, 0) is 6.42 Å². The van der Waals surface area contributed by atoms with E-state index in [1.165, 1.54) is 22.2 Å². The third kappa shape index (κ3) is 1.94. The highest BCUT2D eigenvalue weighted by Crippen LogP contribution is 2.28. The number of H-pyrrole nitrogens is 1. The normalized spacial score (nSPS) is 13.3. The molecule has 0 amide bonds. The van der Waals surface area contributed by atoms with Crippen molar-refractivity contribution >= 4 is 26.8 Å². The van der Waals surface area contributed by atoms with Crippen molar-refractivity contribution < 1.29 is 0 Å². The monoisotopic (exact) mass is 266 g/mol. The Hall–Kier alpha value is -0.800. The van der Waals surface area contributed by atoms with Gasteiger partial charge in [0.05, 0.1) is 5.52 Å². The highest BCUT2D eigenvalue weighted by atomic mass is 79.9. The maximum atomic E-state index is 5.82. The number of nitrogens with two attached hydrogens (primary N) is 1. The molecule has 2 nitrogen and oxygen atoms in total. The molecule has 0 saturated heterocycles. The van der Waals surface area contributed by atoms with Gasteiger partial charge in [-0.1, -0.05) is 12.1 Å². The summed E-state index contributed by atoms with van der Waals surface area (Å²) in [5.41, 5.74) is 9.54. The van der Waals surface area contributed by atoms with Gasteiger partial charge in [0.25, 0.3) is 0 Å². The van der Waals surface area contributed by atoms with E-state index in [0.29, 0.717) is 0 Å². The maximum Gasteiger partial charge on any atom is 0.0603 e. The molecule has 1 unspecified atom stereocenters. The molecule has 0 aliphatic carbocycles. The molecule has 0 radical (unpaired) electrons. The maximum absolute atomic E-state index is 5.82. The zero-order valence-corrected chi connectivity index (χ0v) is 10.6. The molecule has 0 fully saturated rings. The first kappa shape index (κ1) is 10.7. The van der Waals surface area contributed by atoms with Gasteiger partial charge in [-0.3, -0.25) is 0 Å². The molecule has 1 atom stereocenters. The third-order valence-electron chi connectivity index (χ3n) is 2.67. The fourth-order valence-corrected chi connectivity index (χ4v) is 2.36. The number of aromatic nitrogens is 1. The molecule has 3 heteroatoms. The van der Waals surface area contributed by atoms with Crippen LogP contribution in [0.2, 0.25) is 0 Å². The number of hydrogen-bond donors (Lipinski definition) is 2. The number of benzene rings is 1. The first-order valence-electron chi connectivity index (χ1n) is 5.11. The quantitative estimate of drug-likeness (QED) is 0.862. The Morgan fingerprint density at radius 1 is 1.47 bits per heavy atom. The summed E-state index contributed by atoms with van der Waals surface area (Å²) in [5.74, 6) is 0. The zero-order valence-electron chi connectivity index (χ0n) is 8.97. The zero-order chi connectivity index (χ0) is 11.0. The second-order valence-electron chi connectivity index (χ2n) is 4.07. The van der Waals surface area contributed by atoms with Crippen molar-refractivity contribution in [2.45, 2.75) is 26.3 Å². The van der Waals surface area contributed by atoms with Crippen molar-refractivity contribution in [3.8, 4) is 0 Å². The first-order valence-corrected chi connectivity index (χ1v) is 5.90. The Labute approximate surface area is 98.0 Å². The van der Waals surface area contributed by atoms with Crippen LogP contribution in [0.4, 0.5) is 0 Å². The van der Waals surface area contributed by atoms with Crippen LogP contribution in [0.5, 0.6) is 0 Å². The Morgan fingerprint density at radius 3 is 2.80 bits per heavy atom. The lowest BCUT2D eigenvalue weighted by Crippen LogP contribution is -2.18. The van der Waals surface area contributed by atoms with E-state index in [1.54, 1.807) is 0 Å². The minimum atomic E-state index is 0.190. The van der Waals surface area contributed by atoms with Gasteiger partial charge < -0.3 is 10.7 Å². The van der Waals surface area contributed by atoms with Gasteiger partial charge >= 0.3 is 0 Å². The van der Waals surface area contributed by atoms with Crippen LogP contribution >= 0.6 is 15.9 Å². The number of halogens is 1. The highest BCUT2D eigenvalue weighted by Gasteiger charge is 2.10. The molecular weight excluding hydrogens is 252 g/mol. The predicted molar refractivity (Wildman–Crippen MR) is 68.1 cm³/mol. The van der Waals surface area contributed by atoms with Crippen molar-refractivity contribution in [2.75, 3.05) is 0 Å². The van der Waals surface area contributed by atoms with E-state index in [9.17, 15) is 0 Å². The molecule has 0 aliphatic rings. The summed E-state index contributed by atoms with van der Waals surface area (Å²) in [4.78, 5) is 3.44. The molecule has 80 valence electrons. The lowest BCUT2D eigenvalue weighted by atomic mass is 10.1. The molecule has 0 aliphatic heterocycles. The van der Waals surface area contributed by atoms with E-state index in [0.717, 1.165) is 10.9 Å². The summed E-state index contributed by atoms with van der Waals surface area (Å²) >= 11 is 3.55. The number of para-hydroxylation sites is 1. The van der Waals surface area contributed by atoms with E-state index in [1.807, 2.05) is 13.0 Å². The average molecular weight is 267 g/mol. The van der Waals surface area contributed by atoms with Crippen LogP contribution in [0.15, 0.2) is 22.7 Å². The summed E-state index contributed by atoms with van der Waals surface area (Å²) < 4.78 is 1.11. The van der Waals surface area contributed by atoms with E-state index in [-0.39, 0.29) is 6.04 Å². The third-order valence-corrected chi connectivity index (χ3v) is 3.33. The van der Waals surface area contributed by atoms with Crippen LogP contribution in [0.3, 0.4) is 0 Å². The van der Waals surface area contributed by atoms with Gasteiger partial charge in [-0.05, 0) is 41.4 Å². The number of aryl methyl sites for hydroxylation is 1. The second-order valence-corrected chi connectivity index (χ2v) is 4.93. The minimum absolute atomic E-state index is 0.190. The molecule has 2 rings (SSSR count). The summed E-state index contributed by atoms with van der Waals surface area (Å²) in [6, 6.07) is 6.43. The van der Waals surface area contributed by atoms with Crippen molar-refractivity contribution in [3.05, 3.63) is 33.9 Å². The lowest BCUT2D eigenvalue weighted by Gasteiger charge is -2.03. The van der Waals surface area contributed by atoms with Crippen LogP contribution < -0.4 is 5.73 Å². The Morgan fingerprint density at radius 2 is 2.20 bits per heavy atom. The molecular formula is C12H15BrN2. The number of fused-ring (bicyclic) bond motifs is 1. The van der Waals surface area contributed by atoms with E-state index < -0.39 is 0 Å². The molecule has 15 heavy (non-hydrogen) atoms. The number of aromatic amines is 1. The van der Waals surface area contributed by atoms with E-state index in [4.69, 9.17) is 5.73 Å². The van der Waals surface area contributed by atoms with Crippen molar-refractivity contribution in [1.29, 1.82) is 0 Å². The molecule has 2 aromatic rings. The fraction of sp³-hybridized carbons (Fsp3) is 0.333. The van der Waals surface area contributed by atoms with Crippen molar-refractivity contribution in [2.24, 2.45) is 5.73 Å². The Kier molecular flexibility index (Phi) is 2.85. The van der Waals surface area contributed by atoms with E-state index in [2.05, 4.69) is 40.0 Å². The van der Waals surface area contributed by atoms with Crippen LogP contribution in [-0.4, -0.2) is 11.0 Å². The molecule has 0 saturated carbocycles. The molecule has 1 aromatic carbocycles. The first-order chi connectivity index (χ1) is 7.09. The number of nitrogens with one attached hydrogen (secondary N) is 1. The van der Waals surface area contributed by atoms with Crippen LogP contribution in [0.1, 0.15) is 18.2 Å². The molecule has 1 aromatic heterocycles. The smallest absolute Gasteiger partial charge is 0.0603 e. The number of hydrogen-bond acceptors (Lipinski definition) is 1. The summed E-state index contributed by atoms with van der Waals surface area (Å²) in [5, 5.41) is 1.28. The van der Waals surface area contributed by atoms with Gasteiger partial charge in [-0.15, -0.1) is 0 Å². The SMILES string of the molecule is Cc1c(CC(C)N)[nH]c2c(Br)cccc12. The largest absolute Gasteiger partial charge is 0.357 e. The van der Waals surface area contributed by atoms with Gasteiger partial charge in [0.2, 0.25) is 0 Å².